The molecule has 0 radical (unpaired) electrons. The third-order valence-electron chi connectivity index (χ3n) is 2.81. The molecule has 2 aromatic rings. The van der Waals surface area contributed by atoms with Crippen LogP contribution in [0.2, 0.25) is 0 Å². The first-order chi connectivity index (χ1) is 9.22. The van der Waals surface area contributed by atoms with Crippen molar-refractivity contribution < 1.29 is 17.9 Å². The van der Waals surface area contributed by atoms with Crippen LogP contribution in [-0.4, -0.2) is 19.6 Å². The van der Waals surface area contributed by atoms with Crippen LogP contribution in [0.1, 0.15) is 18.2 Å². The van der Waals surface area contributed by atoms with Gasteiger partial charge in [-0.2, -0.15) is 0 Å². The summed E-state index contributed by atoms with van der Waals surface area (Å²) in [5.41, 5.74) is 1.60. The molecule has 0 unspecified atom stereocenters. The molecular weight excluding hydrogens is 252 g/mol. The van der Waals surface area contributed by atoms with E-state index in [9.17, 15) is 8.78 Å². The average Bonchev–Trinajstić information content (AvgIpc) is 2.74. The zero-order valence-corrected chi connectivity index (χ0v) is 10.8. The van der Waals surface area contributed by atoms with E-state index in [4.69, 9.17) is 9.15 Å². The summed E-state index contributed by atoms with van der Waals surface area (Å²) in [6, 6.07) is 7.55. The summed E-state index contributed by atoms with van der Waals surface area (Å²) in [5, 5.41) is 4.09. The second kappa shape index (κ2) is 6.63. The van der Waals surface area contributed by atoms with Crippen LogP contribution in [0.15, 0.2) is 28.7 Å². The molecule has 0 aliphatic carbocycles. The number of fused-ring (bicyclic) bond motifs is 1. The Morgan fingerprint density at radius 1 is 1.32 bits per heavy atom. The number of alkyl halides is 2. The van der Waals surface area contributed by atoms with Crippen LogP contribution in [0.4, 0.5) is 8.78 Å². The standard InChI is InChI=1S/C14H17F2NO2/c1-2-17-7-13-11(8-18-9-14(15)16)10-5-3-4-6-12(10)19-13/h3-6,14,17H,2,7-9H2,1H3. The van der Waals surface area contributed by atoms with Crippen molar-refractivity contribution in [3.8, 4) is 0 Å². The minimum atomic E-state index is -2.45. The van der Waals surface area contributed by atoms with Crippen LogP contribution in [0.25, 0.3) is 11.0 Å². The van der Waals surface area contributed by atoms with Crippen molar-refractivity contribution in [3.63, 3.8) is 0 Å². The predicted octanol–water partition coefficient (Wildman–Crippen LogP) is 3.32. The number of ether oxygens (including phenoxy) is 1. The average molecular weight is 269 g/mol. The Balaban J connectivity index is 2.21. The molecule has 0 bridgehead atoms. The molecule has 5 heteroatoms. The zero-order valence-electron chi connectivity index (χ0n) is 10.8. The van der Waals surface area contributed by atoms with Crippen LogP contribution in [0.5, 0.6) is 0 Å². The van der Waals surface area contributed by atoms with E-state index >= 15 is 0 Å². The lowest BCUT2D eigenvalue weighted by atomic mass is 10.1. The summed E-state index contributed by atoms with van der Waals surface area (Å²) >= 11 is 0. The van der Waals surface area contributed by atoms with E-state index in [1.165, 1.54) is 0 Å². The number of nitrogens with one attached hydrogen (secondary N) is 1. The highest BCUT2D eigenvalue weighted by Gasteiger charge is 2.14. The molecule has 0 saturated carbocycles. The SMILES string of the molecule is CCNCc1oc2ccccc2c1COCC(F)F. The van der Waals surface area contributed by atoms with Crippen molar-refractivity contribution in [1.29, 1.82) is 0 Å². The molecule has 2 rings (SSSR count). The summed E-state index contributed by atoms with van der Waals surface area (Å²) < 4.78 is 35.0. The number of benzene rings is 1. The van der Waals surface area contributed by atoms with Crippen molar-refractivity contribution in [1.82, 2.24) is 5.32 Å². The molecule has 0 aliphatic rings. The first-order valence-electron chi connectivity index (χ1n) is 6.28. The Bertz CT molecular complexity index is 525. The van der Waals surface area contributed by atoms with Gasteiger partial charge in [-0.3, -0.25) is 0 Å². The molecule has 1 heterocycles. The van der Waals surface area contributed by atoms with Crippen molar-refractivity contribution in [2.45, 2.75) is 26.5 Å². The number of rotatable bonds is 7. The van der Waals surface area contributed by atoms with Gasteiger partial charge in [-0.05, 0) is 12.6 Å². The smallest absolute Gasteiger partial charge is 0.261 e. The maximum Gasteiger partial charge on any atom is 0.261 e. The number of furan rings is 1. The molecular formula is C14H17F2NO2. The second-order valence-corrected chi connectivity index (χ2v) is 4.19. The molecule has 0 amide bonds. The van der Waals surface area contributed by atoms with Gasteiger partial charge in [0, 0.05) is 10.9 Å². The highest BCUT2D eigenvalue weighted by Crippen LogP contribution is 2.26. The highest BCUT2D eigenvalue weighted by molar-refractivity contribution is 5.82. The van der Waals surface area contributed by atoms with Gasteiger partial charge in [-0.1, -0.05) is 25.1 Å². The summed E-state index contributed by atoms with van der Waals surface area (Å²) in [5.74, 6) is 0.748. The third kappa shape index (κ3) is 3.52. The van der Waals surface area contributed by atoms with Gasteiger partial charge in [0.1, 0.15) is 18.0 Å². The molecule has 0 spiro atoms. The lowest BCUT2D eigenvalue weighted by Gasteiger charge is -2.05. The normalized spacial score (nSPS) is 11.6. The minimum Gasteiger partial charge on any atom is -0.459 e. The number of halogens is 2. The maximum atomic E-state index is 12.1. The fraction of sp³-hybridized carbons (Fsp3) is 0.429. The Morgan fingerprint density at radius 3 is 2.84 bits per heavy atom. The molecule has 19 heavy (non-hydrogen) atoms. The zero-order chi connectivity index (χ0) is 13.7. The van der Waals surface area contributed by atoms with Crippen LogP contribution >= 0.6 is 0 Å². The van der Waals surface area contributed by atoms with Crippen LogP contribution < -0.4 is 5.32 Å². The second-order valence-electron chi connectivity index (χ2n) is 4.19. The van der Waals surface area contributed by atoms with Gasteiger partial charge in [0.25, 0.3) is 6.43 Å². The Labute approximate surface area is 110 Å². The van der Waals surface area contributed by atoms with Gasteiger partial charge >= 0.3 is 0 Å². The first kappa shape index (κ1) is 14.0. The van der Waals surface area contributed by atoms with Crippen LogP contribution in [0.3, 0.4) is 0 Å². The lowest BCUT2D eigenvalue weighted by molar-refractivity contribution is 0.00972. The van der Waals surface area contributed by atoms with Gasteiger partial charge in [0.15, 0.2) is 0 Å². The van der Waals surface area contributed by atoms with Crippen molar-refractivity contribution >= 4 is 11.0 Å². The lowest BCUT2D eigenvalue weighted by Crippen LogP contribution is -2.13. The molecule has 0 atom stereocenters. The van der Waals surface area contributed by atoms with E-state index < -0.39 is 13.0 Å². The third-order valence-corrected chi connectivity index (χ3v) is 2.81. The largest absolute Gasteiger partial charge is 0.459 e. The predicted molar refractivity (Wildman–Crippen MR) is 69.3 cm³/mol. The fourth-order valence-corrected chi connectivity index (χ4v) is 1.94. The maximum absolute atomic E-state index is 12.1. The molecule has 3 nitrogen and oxygen atoms in total. The summed E-state index contributed by atoms with van der Waals surface area (Å²) in [4.78, 5) is 0. The van der Waals surface area contributed by atoms with E-state index in [0.717, 1.165) is 28.8 Å². The quantitative estimate of drug-likeness (QED) is 0.837. The van der Waals surface area contributed by atoms with Gasteiger partial charge in [-0.15, -0.1) is 0 Å². The van der Waals surface area contributed by atoms with E-state index in [2.05, 4.69) is 5.32 Å². The number of para-hydroxylation sites is 1. The molecule has 104 valence electrons. The minimum absolute atomic E-state index is 0.141. The number of hydrogen-bond acceptors (Lipinski definition) is 3. The Kier molecular flexibility index (Phi) is 4.87. The highest BCUT2D eigenvalue weighted by atomic mass is 19.3. The van der Waals surface area contributed by atoms with Crippen molar-refractivity contribution in [3.05, 3.63) is 35.6 Å². The summed E-state index contributed by atoms with van der Waals surface area (Å²) in [6.45, 7) is 2.96. The van der Waals surface area contributed by atoms with Gasteiger partial charge < -0.3 is 14.5 Å². The van der Waals surface area contributed by atoms with E-state index in [-0.39, 0.29) is 6.61 Å². The number of hydrogen-bond donors (Lipinski definition) is 1. The monoisotopic (exact) mass is 269 g/mol. The van der Waals surface area contributed by atoms with E-state index in [0.29, 0.717) is 6.54 Å². The Hall–Kier alpha value is -1.46. The molecule has 0 fully saturated rings. The van der Waals surface area contributed by atoms with Crippen LogP contribution in [0, 0.1) is 0 Å². The van der Waals surface area contributed by atoms with Crippen molar-refractivity contribution in [2.24, 2.45) is 0 Å². The van der Waals surface area contributed by atoms with Gasteiger partial charge in [0.2, 0.25) is 0 Å². The van der Waals surface area contributed by atoms with Crippen molar-refractivity contribution in [2.75, 3.05) is 13.2 Å². The first-order valence-corrected chi connectivity index (χ1v) is 6.28. The van der Waals surface area contributed by atoms with E-state index in [1.54, 1.807) is 0 Å². The molecule has 1 N–H and O–H groups in total. The summed E-state index contributed by atoms with van der Waals surface area (Å²) in [7, 11) is 0. The summed E-state index contributed by atoms with van der Waals surface area (Å²) in [6.07, 6.45) is -2.45. The molecule has 0 saturated heterocycles. The van der Waals surface area contributed by atoms with Crippen LogP contribution in [-0.2, 0) is 17.9 Å². The topological polar surface area (TPSA) is 34.4 Å². The molecule has 0 aliphatic heterocycles. The molecule has 1 aromatic carbocycles. The fourth-order valence-electron chi connectivity index (χ4n) is 1.94. The van der Waals surface area contributed by atoms with Gasteiger partial charge in [0.05, 0.1) is 13.2 Å². The Morgan fingerprint density at radius 2 is 2.11 bits per heavy atom. The van der Waals surface area contributed by atoms with Gasteiger partial charge in [-0.25, -0.2) is 8.78 Å². The molecule has 1 aromatic heterocycles. The van der Waals surface area contributed by atoms with E-state index in [1.807, 2.05) is 31.2 Å².